The maximum Gasteiger partial charge on any atom is 0.0596 e. The van der Waals surface area contributed by atoms with Crippen molar-refractivity contribution in [1.29, 1.82) is 0 Å². The van der Waals surface area contributed by atoms with Gasteiger partial charge in [-0.2, -0.15) is 5.10 Å². The average molecular weight is 182 g/mol. The fourth-order valence-corrected chi connectivity index (χ4v) is 1.36. The fraction of sp³-hybridized carbons (Fsp3) is 0.700. The van der Waals surface area contributed by atoms with Gasteiger partial charge in [0.15, 0.2) is 0 Å². The predicted molar refractivity (Wildman–Crippen MR) is 52.5 cm³/mol. The van der Waals surface area contributed by atoms with Gasteiger partial charge in [-0.3, -0.25) is 4.68 Å². The predicted octanol–water partition coefficient (Wildman–Crippen LogP) is 1.29. The number of aryl methyl sites for hydroxylation is 2. The zero-order valence-corrected chi connectivity index (χ0v) is 8.78. The van der Waals surface area contributed by atoms with Gasteiger partial charge in [0.05, 0.1) is 11.8 Å². The molecule has 1 rings (SSSR count). The lowest BCUT2D eigenvalue weighted by Crippen LogP contribution is -2.17. The SMILES string of the molecule is Cc1cc(CC(C)C(C)O)n(C)n1. The van der Waals surface area contributed by atoms with Crippen molar-refractivity contribution in [2.75, 3.05) is 0 Å². The highest BCUT2D eigenvalue weighted by Crippen LogP contribution is 2.12. The molecule has 0 aliphatic carbocycles. The lowest BCUT2D eigenvalue weighted by molar-refractivity contribution is 0.134. The molecule has 74 valence electrons. The van der Waals surface area contributed by atoms with Crippen LogP contribution in [0.25, 0.3) is 0 Å². The second-order valence-corrected chi connectivity index (χ2v) is 3.82. The van der Waals surface area contributed by atoms with Gasteiger partial charge < -0.3 is 5.11 Å². The number of aliphatic hydroxyl groups excluding tert-OH is 1. The maximum atomic E-state index is 9.35. The average Bonchev–Trinajstić information content (AvgIpc) is 2.30. The van der Waals surface area contributed by atoms with Gasteiger partial charge >= 0.3 is 0 Å². The van der Waals surface area contributed by atoms with E-state index in [-0.39, 0.29) is 12.0 Å². The third kappa shape index (κ3) is 2.56. The van der Waals surface area contributed by atoms with Crippen LogP contribution in [0.3, 0.4) is 0 Å². The molecule has 1 heterocycles. The molecule has 13 heavy (non-hydrogen) atoms. The Labute approximate surface area is 79.4 Å². The van der Waals surface area contributed by atoms with Crippen LogP contribution in [0.5, 0.6) is 0 Å². The molecule has 3 heteroatoms. The van der Waals surface area contributed by atoms with E-state index in [1.807, 2.05) is 32.5 Å². The van der Waals surface area contributed by atoms with E-state index in [1.165, 1.54) is 5.69 Å². The summed E-state index contributed by atoms with van der Waals surface area (Å²) in [6, 6.07) is 2.07. The molecule has 0 saturated heterocycles. The van der Waals surface area contributed by atoms with E-state index in [4.69, 9.17) is 0 Å². The molecule has 1 aromatic rings. The van der Waals surface area contributed by atoms with Gasteiger partial charge in [0.2, 0.25) is 0 Å². The molecule has 0 fully saturated rings. The number of hydrogen-bond acceptors (Lipinski definition) is 2. The normalized spacial score (nSPS) is 15.8. The van der Waals surface area contributed by atoms with Crippen molar-refractivity contribution in [2.45, 2.75) is 33.3 Å². The Morgan fingerprint density at radius 2 is 2.15 bits per heavy atom. The van der Waals surface area contributed by atoms with E-state index < -0.39 is 0 Å². The topological polar surface area (TPSA) is 38.0 Å². The Morgan fingerprint density at radius 3 is 2.54 bits per heavy atom. The molecule has 0 aliphatic rings. The summed E-state index contributed by atoms with van der Waals surface area (Å²) in [5.74, 6) is 0.287. The summed E-state index contributed by atoms with van der Waals surface area (Å²) >= 11 is 0. The molecular weight excluding hydrogens is 164 g/mol. The van der Waals surface area contributed by atoms with Crippen LogP contribution in [0.15, 0.2) is 6.07 Å². The van der Waals surface area contributed by atoms with Crippen molar-refractivity contribution < 1.29 is 5.11 Å². The van der Waals surface area contributed by atoms with Crippen molar-refractivity contribution >= 4 is 0 Å². The van der Waals surface area contributed by atoms with Crippen LogP contribution in [-0.2, 0) is 13.5 Å². The number of aliphatic hydroxyl groups is 1. The van der Waals surface area contributed by atoms with E-state index in [9.17, 15) is 5.11 Å². The van der Waals surface area contributed by atoms with E-state index in [0.29, 0.717) is 0 Å². The minimum atomic E-state index is -0.254. The largest absolute Gasteiger partial charge is 0.393 e. The lowest BCUT2D eigenvalue weighted by atomic mass is 10.0. The van der Waals surface area contributed by atoms with Crippen molar-refractivity contribution in [3.8, 4) is 0 Å². The number of aromatic nitrogens is 2. The lowest BCUT2D eigenvalue weighted by Gasteiger charge is -2.13. The highest BCUT2D eigenvalue weighted by molar-refractivity contribution is 5.09. The molecule has 0 saturated carbocycles. The van der Waals surface area contributed by atoms with Gasteiger partial charge in [0, 0.05) is 12.7 Å². The van der Waals surface area contributed by atoms with Crippen LogP contribution >= 0.6 is 0 Å². The van der Waals surface area contributed by atoms with Gasteiger partial charge in [-0.25, -0.2) is 0 Å². The quantitative estimate of drug-likeness (QED) is 0.765. The van der Waals surface area contributed by atoms with Gasteiger partial charge in [-0.05, 0) is 32.3 Å². The molecular formula is C10H18N2O. The Bertz CT molecular complexity index is 278. The molecule has 0 aliphatic heterocycles. The smallest absolute Gasteiger partial charge is 0.0596 e. The minimum Gasteiger partial charge on any atom is -0.393 e. The summed E-state index contributed by atoms with van der Waals surface area (Å²) in [6.07, 6.45) is 0.629. The molecule has 2 unspecified atom stereocenters. The maximum absolute atomic E-state index is 9.35. The van der Waals surface area contributed by atoms with Crippen LogP contribution in [-0.4, -0.2) is 21.0 Å². The van der Waals surface area contributed by atoms with Crippen molar-refractivity contribution in [3.63, 3.8) is 0 Å². The highest BCUT2D eigenvalue weighted by atomic mass is 16.3. The Kier molecular flexibility index (Phi) is 3.09. The Hall–Kier alpha value is -0.830. The van der Waals surface area contributed by atoms with Gasteiger partial charge in [-0.15, -0.1) is 0 Å². The standard InChI is InChI=1S/C10H18N2O/c1-7(9(3)13)5-10-6-8(2)11-12(10)4/h6-7,9,13H,5H2,1-4H3. The van der Waals surface area contributed by atoms with Crippen LogP contribution in [0, 0.1) is 12.8 Å². The summed E-state index contributed by atoms with van der Waals surface area (Å²) in [5, 5.41) is 13.6. The molecule has 0 bridgehead atoms. The van der Waals surface area contributed by atoms with Gasteiger partial charge in [0.1, 0.15) is 0 Å². The summed E-state index contributed by atoms with van der Waals surface area (Å²) in [7, 11) is 1.94. The Balaban J connectivity index is 2.68. The summed E-state index contributed by atoms with van der Waals surface area (Å²) in [5.41, 5.74) is 2.22. The molecule has 1 aromatic heterocycles. The van der Waals surface area contributed by atoms with E-state index in [0.717, 1.165) is 12.1 Å². The second-order valence-electron chi connectivity index (χ2n) is 3.82. The van der Waals surface area contributed by atoms with Crippen LogP contribution in [0.2, 0.25) is 0 Å². The molecule has 0 spiro atoms. The van der Waals surface area contributed by atoms with E-state index in [1.54, 1.807) is 0 Å². The summed E-state index contributed by atoms with van der Waals surface area (Å²) < 4.78 is 1.88. The molecule has 2 atom stereocenters. The first-order valence-corrected chi connectivity index (χ1v) is 4.68. The van der Waals surface area contributed by atoms with Crippen molar-refractivity contribution in [3.05, 3.63) is 17.5 Å². The van der Waals surface area contributed by atoms with E-state index in [2.05, 4.69) is 11.2 Å². The van der Waals surface area contributed by atoms with Crippen LogP contribution in [0.1, 0.15) is 25.2 Å². The first kappa shape index (κ1) is 10.3. The zero-order chi connectivity index (χ0) is 10.0. The van der Waals surface area contributed by atoms with Crippen LogP contribution < -0.4 is 0 Å². The summed E-state index contributed by atoms with van der Waals surface area (Å²) in [4.78, 5) is 0. The van der Waals surface area contributed by atoms with E-state index >= 15 is 0 Å². The molecule has 0 aromatic carbocycles. The number of rotatable bonds is 3. The first-order chi connectivity index (χ1) is 6.00. The Morgan fingerprint density at radius 1 is 1.54 bits per heavy atom. The summed E-state index contributed by atoms with van der Waals surface area (Å²) in [6.45, 7) is 5.86. The van der Waals surface area contributed by atoms with Crippen LogP contribution in [0.4, 0.5) is 0 Å². The molecule has 0 amide bonds. The van der Waals surface area contributed by atoms with Gasteiger partial charge in [0.25, 0.3) is 0 Å². The highest BCUT2D eigenvalue weighted by Gasteiger charge is 2.12. The third-order valence-electron chi connectivity index (χ3n) is 2.45. The second kappa shape index (κ2) is 3.92. The molecule has 0 radical (unpaired) electrons. The number of hydrogen-bond donors (Lipinski definition) is 1. The minimum absolute atomic E-state index is 0.254. The zero-order valence-electron chi connectivity index (χ0n) is 8.78. The third-order valence-corrected chi connectivity index (χ3v) is 2.45. The van der Waals surface area contributed by atoms with Crippen molar-refractivity contribution in [2.24, 2.45) is 13.0 Å². The number of nitrogens with zero attached hydrogens (tertiary/aromatic N) is 2. The van der Waals surface area contributed by atoms with Gasteiger partial charge in [-0.1, -0.05) is 6.92 Å². The monoisotopic (exact) mass is 182 g/mol. The molecule has 3 nitrogen and oxygen atoms in total. The molecule has 1 N–H and O–H groups in total. The fourth-order valence-electron chi connectivity index (χ4n) is 1.36. The first-order valence-electron chi connectivity index (χ1n) is 4.68. The van der Waals surface area contributed by atoms with Crippen molar-refractivity contribution in [1.82, 2.24) is 9.78 Å².